The number of likely N-dealkylation sites (tertiary alicyclic amines) is 1. The van der Waals surface area contributed by atoms with E-state index in [9.17, 15) is 4.79 Å². The molecule has 0 aromatic heterocycles. The number of nitrogens with zero attached hydrogens (tertiary/aromatic N) is 1. The first-order chi connectivity index (χ1) is 18.6. The van der Waals surface area contributed by atoms with Crippen LogP contribution in [0.15, 0.2) is 60.4 Å². The number of nitrogens with one attached hydrogen (secondary N) is 2. The lowest BCUT2D eigenvalue weighted by Gasteiger charge is -2.51. The summed E-state index contributed by atoms with van der Waals surface area (Å²) in [6, 6.07) is 0. The van der Waals surface area contributed by atoms with Gasteiger partial charge in [-0.2, -0.15) is 0 Å². The van der Waals surface area contributed by atoms with Gasteiger partial charge in [-0.1, -0.05) is 44.4 Å². The van der Waals surface area contributed by atoms with Crippen molar-refractivity contribution >= 4 is 24.5 Å². The van der Waals surface area contributed by atoms with E-state index in [1.807, 2.05) is 6.92 Å². The summed E-state index contributed by atoms with van der Waals surface area (Å²) in [5.74, 6) is -0.191. The average molecular weight is 577 g/mol. The molecule has 2 fully saturated rings. The van der Waals surface area contributed by atoms with E-state index >= 15 is 0 Å². The summed E-state index contributed by atoms with van der Waals surface area (Å²) >= 11 is 4.14. The molecule has 1 amide bonds. The predicted octanol–water partition coefficient (Wildman–Crippen LogP) is 0.883. The van der Waals surface area contributed by atoms with Crippen LogP contribution in [0.5, 0.6) is 0 Å². The molecule has 11 nitrogen and oxygen atoms in total. The molecule has 0 aromatic carbocycles. The maximum absolute atomic E-state index is 10.3. The zero-order valence-electron chi connectivity index (χ0n) is 24.3. The lowest BCUT2D eigenvalue weighted by molar-refractivity contribution is -0.109. The highest BCUT2D eigenvalue weighted by molar-refractivity contribution is 6.11. The Morgan fingerprint density at radius 1 is 1.13 bits per heavy atom. The van der Waals surface area contributed by atoms with Gasteiger partial charge in [-0.15, -0.1) is 0 Å². The van der Waals surface area contributed by atoms with E-state index in [0.717, 1.165) is 37.8 Å². The number of hydrogen-bond donors (Lipinski definition) is 8. The van der Waals surface area contributed by atoms with E-state index in [2.05, 4.69) is 45.7 Å². The number of allylic oxidation sites excluding steroid dienone is 7. The van der Waals surface area contributed by atoms with E-state index in [1.54, 1.807) is 51.3 Å². The standard InChI is InChI=1S/C11H17NO2.C8H16N2O.C5H9N.C2H5NO.CH4O.ClH2N/c1-4-10(9(3)11(12)14)6-5-8(2)7-13;11-7-10-5-8(6-10)1-3-9-4-2-8;1-3-4-5(2)6;1-3-2-4;2*1-2/h4-7,9,11,14H,1,12H2,2-3H3;9,11H,1-7H2;3-4H,1,6H2,2H3;2H,1H3,(H,3,4);2H,1H3;2H2/b8-5+,10-6+;;5-4+;;;. The number of piperidine rings is 1. The molecule has 2 unspecified atom stereocenters. The van der Waals surface area contributed by atoms with Gasteiger partial charge in [0, 0.05) is 38.9 Å². The molecule has 2 heterocycles. The van der Waals surface area contributed by atoms with Gasteiger partial charge in [0.05, 0.1) is 6.73 Å². The molecule has 228 valence electrons. The van der Waals surface area contributed by atoms with Crippen molar-refractivity contribution < 1.29 is 24.9 Å². The third kappa shape index (κ3) is 24.4. The topological polar surface area (TPSA) is 200 Å². The van der Waals surface area contributed by atoms with Gasteiger partial charge in [0.1, 0.15) is 12.5 Å². The van der Waals surface area contributed by atoms with Crippen LogP contribution < -0.4 is 27.4 Å². The predicted molar refractivity (Wildman–Crippen MR) is 162 cm³/mol. The maximum Gasteiger partial charge on any atom is 0.206 e. The summed E-state index contributed by atoms with van der Waals surface area (Å²) in [5.41, 5.74) is 13.3. The Bertz CT molecular complexity index is 711. The Hall–Kier alpha value is -2.35. The van der Waals surface area contributed by atoms with Crippen molar-refractivity contribution in [2.45, 2.75) is 39.8 Å². The van der Waals surface area contributed by atoms with Crippen LogP contribution in [0, 0.1) is 11.3 Å². The Labute approximate surface area is 240 Å². The lowest BCUT2D eigenvalue weighted by atomic mass is 9.73. The number of carbonyl (C=O) groups excluding carboxylic acids is 2. The molecule has 0 aromatic rings. The molecule has 11 N–H and O–H groups in total. The SMILES string of the molecule is C=C/C(=C\C=C(/C)C=O)C(C)C(N)O.C=C/C=C(\C)N.CNC=O.CO.NCl.OCN1CC2(CCNCC2)C1. The second-order valence-electron chi connectivity index (χ2n) is 8.61. The molecule has 2 atom stereocenters. The summed E-state index contributed by atoms with van der Waals surface area (Å²) in [6.07, 6.45) is 11.5. The van der Waals surface area contributed by atoms with Crippen LogP contribution in [0.25, 0.3) is 0 Å². The van der Waals surface area contributed by atoms with E-state index in [1.165, 1.54) is 25.9 Å². The van der Waals surface area contributed by atoms with Gasteiger partial charge >= 0.3 is 0 Å². The first-order valence-corrected chi connectivity index (χ1v) is 12.8. The number of aliphatic hydroxyl groups excluding tert-OH is 3. The van der Waals surface area contributed by atoms with Crippen LogP contribution in [0.2, 0.25) is 0 Å². The fourth-order valence-electron chi connectivity index (χ4n) is 3.33. The van der Waals surface area contributed by atoms with Gasteiger partial charge in [0.2, 0.25) is 6.41 Å². The summed E-state index contributed by atoms with van der Waals surface area (Å²) in [6.45, 7) is 17.2. The van der Waals surface area contributed by atoms with Gasteiger partial charge in [-0.05, 0) is 74.2 Å². The number of nitrogens with two attached hydrogens (primary N) is 3. The van der Waals surface area contributed by atoms with Crippen molar-refractivity contribution in [3.63, 3.8) is 0 Å². The van der Waals surface area contributed by atoms with E-state index in [0.29, 0.717) is 17.4 Å². The zero-order chi connectivity index (χ0) is 31.3. The third-order valence-electron chi connectivity index (χ3n) is 5.48. The molecule has 2 aliphatic heterocycles. The second kappa shape index (κ2) is 30.2. The lowest BCUT2D eigenvalue weighted by Crippen LogP contribution is -2.59. The minimum atomic E-state index is -0.913. The molecule has 39 heavy (non-hydrogen) atoms. The molecular formula is C27H53ClN6O5. The number of carbonyl (C=O) groups is 2. The normalized spacial score (nSPS) is 17.4. The Morgan fingerprint density at radius 2 is 1.62 bits per heavy atom. The molecule has 0 aliphatic carbocycles. The minimum absolute atomic E-state index is 0.191. The van der Waals surface area contributed by atoms with E-state index in [4.69, 9.17) is 31.6 Å². The van der Waals surface area contributed by atoms with Gasteiger partial charge in [-0.3, -0.25) is 14.5 Å². The molecule has 2 rings (SSSR count). The highest BCUT2D eigenvalue weighted by Crippen LogP contribution is 2.37. The van der Waals surface area contributed by atoms with E-state index < -0.39 is 6.23 Å². The van der Waals surface area contributed by atoms with Crippen LogP contribution in [0.4, 0.5) is 0 Å². The smallest absolute Gasteiger partial charge is 0.206 e. The number of aldehydes is 1. The zero-order valence-corrected chi connectivity index (χ0v) is 25.0. The van der Waals surface area contributed by atoms with Crippen molar-refractivity contribution in [2.24, 2.45) is 28.1 Å². The van der Waals surface area contributed by atoms with Crippen LogP contribution in [-0.4, -0.2) is 86.2 Å². The number of amides is 1. The second-order valence-corrected chi connectivity index (χ2v) is 8.61. The monoisotopic (exact) mass is 576 g/mol. The fourth-order valence-corrected chi connectivity index (χ4v) is 3.33. The van der Waals surface area contributed by atoms with Crippen molar-refractivity contribution in [3.8, 4) is 0 Å². The number of aliphatic hydroxyl groups is 3. The Balaban J connectivity index is -0.000000217. The molecule has 0 radical (unpaired) electrons. The molecule has 0 bridgehead atoms. The minimum Gasteiger partial charge on any atom is -0.402 e. The van der Waals surface area contributed by atoms with Crippen molar-refractivity contribution in [3.05, 3.63) is 60.4 Å². The van der Waals surface area contributed by atoms with Gasteiger partial charge < -0.3 is 37.4 Å². The van der Waals surface area contributed by atoms with Crippen molar-refractivity contribution in [1.29, 1.82) is 0 Å². The average Bonchev–Trinajstić information content (AvgIpc) is 2.94. The van der Waals surface area contributed by atoms with Gasteiger partial charge in [0.25, 0.3) is 0 Å². The molecule has 1 spiro atoms. The van der Waals surface area contributed by atoms with Crippen molar-refractivity contribution in [1.82, 2.24) is 15.5 Å². The van der Waals surface area contributed by atoms with Crippen molar-refractivity contribution in [2.75, 3.05) is 47.1 Å². The number of halogens is 1. The largest absolute Gasteiger partial charge is 0.402 e. The number of hydrogen-bond acceptors (Lipinski definition) is 10. The van der Waals surface area contributed by atoms with Crippen LogP contribution in [0.3, 0.4) is 0 Å². The summed E-state index contributed by atoms with van der Waals surface area (Å²) < 4.78 is 0. The number of rotatable bonds is 8. The third-order valence-corrected chi connectivity index (χ3v) is 5.48. The van der Waals surface area contributed by atoms with Crippen LogP contribution in [-0.2, 0) is 9.59 Å². The summed E-state index contributed by atoms with van der Waals surface area (Å²) in [7, 11) is 2.56. The summed E-state index contributed by atoms with van der Waals surface area (Å²) in [5, 5.41) is 34.5. The van der Waals surface area contributed by atoms with Crippen LogP contribution >= 0.6 is 11.8 Å². The fraction of sp³-hybridized carbons (Fsp3) is 0.556. The molecule has 12 heteroatoms. The first-order valence-electron chi connectivity index (χ1n) is 12.3. The molecular weight excluding hydrogens is 524 g/mol. The quantitative estimate of drug-likeness (QED) is 0.0674. The summed E-state index contributed by atoms with van der Waals surface area (Å²) in [4.78, 5) is 21.5. The molecule has 2 saturated heterocycles. The Kier molecular flexibility index (Phi) is 33.8. The first kappa shape index (κ1) is 43.7. The highest BCUT2D eigenvalue weighted by Gasteiger charge is 2.42. The Morgan fingerprint density at radius 3 is 1.90 bits per heavy atom. The molecule has 0 saturated carbocycles. The molecule has 2 aliphatic rings. The maximum atomic E-state index is 10.3. The van der Waals surface area contributed by atoms with Gasteiger partial charge in [0.15, 0.2) is 0 Å². The highest BCUT2D eigenvalue weighted by atomic mass is 35.5. The van der Waals surface area contributed by atoms with Crippen LogP contribution in [0.1, 0.15) is 33.6 Å². The van der Waals surface area contributed by atoms with Gasteiger partial charge in [-0.25, -0.2) is 5.25 Å². The van der Waals surface area contributed by atoms with E-state index in [-0.39, 0.29) is 12.6 Å².